The minimum absolute atomic E-state index is 0.0212. The van der Waals surface area contributed by atoms with Crippen LogP contribution < -0.4 is 14.8 Å². The molecule has 0 atom stereocenters. The van der Waals surface area contributed by atoms with E-state index in [1.807, 2.05) is 6.92 Å². The molecule has 0 radical (unpaired) electrons. The number of alkyl halides is 2. The van der Waals surface area contributed by atoms with Crippen molar-refractivity contribution in [3.8, 4) is 11.5 Å². The summed E-state index contributed by atoms with van der Waals surface area (Å²) in [6.07, 6.45) is 0. The molecule has 0 unspecified atom stereocenters. The highest BCUT2D eigenvalue weighted by Gasteiger charge is 2.16. The zero-order valence-corrected chi connectivity index (χ0v) is 10.4. The fourth-order valence-electron chi connectivity index (χ4n) is 1.39. The summed E-state index contributed by atoms with van der Waals surface area (Å²) in [7, 11) is 1.38. The number of hydrogen-bond donors (Lipinski definition) is 1. The van der Waals surface area contributed by atoms with Gasteiger partial charge in [0.15, 0.2) is 11.5 Å². The van der Waals surface area contributed by atoms with E-state index in [0.29, 0.717) is 23.7 Å². The van der Waals surface area contributed by atoms with Crippen molar-refractivity contribution in [1.29, 1.82) is 0 Å². The van der Waals surface area contributed by atoms with Gasteiger partial charge in [0.2, 0.25) is 0 Å². The van der Waals surface area contributed by atoms with E-state index in [1.165, 1.54) is 13.2 Å². The minimum Gasteiger partial charge on any atom is -0.493 e. The van der Waals surface area contributed by atoms with Crippen LogP contribution in [0.25, 0.3) is 0 Å². The Kier molecular flexibility index (Phi) is 5.44. The molecule has 0 aliphatic carbocycles. The Morgan fingerprint density at radius 2 is 2.12 bits per heavy atom. The van der Waals surface area contributed by atoms with Crippen molar-refractivity contribution in [1.82, 2.24) is 5.32 Å². The Hall–Kier alpha value is -1.07. The molecule has 0 aliphatic rings. The first-order valence-electron chi connectivity index (χ1n) is 5.10. The number of methoxy groups -OCH3 is 1. The van der Waals surface area contributed by atoms with E-state index >= 15 is 0 Å². The van der Waals surface area contributed by atoms with E-state index < -0.39 is 6.61 Å². The molecule has 0 saturated carbocycles. The standard InChI is InChI=1S/C11H14ClF2NO2/c1-3-15-6-7-4-8(12)5-9(16-2)10(7)17-11(13)14/h4-5,11,15H,3,6H2,1-2H3. The van der Waals surface area contributed by atoms with Crippen LogP contribution in [0.15, 0.2) is 12.1 Å². The summed E-state index contributed by atoms with van der Waals surface area (Å²) in [5, 5.41) is 3.43. The van der Waals surface area contributed by atoms with Crippen LogP contribution >= 0.6 is 11.6 Å². The molecular weight excluding hydrogens is 252 g/mol. The molecule has 0 spiro atoms. The maximum absolute atomic E-state index is 12.3. The molecule has 0 aromatic heterocycles. The summed E-state index contributed by atoms with van der Waals surface area (Å²) in [5.41, 5.74) is 0.538. The highest BCUT2D eigenvalue weighted by Crippen LogP contribution is 2.35. The van der Waals surface area contributed by atoms with Gasteiger partial charge in [-0.15, -0.1) is 0 Å². The van der Waals surface area contributed by atoms with E-state index in [0.717, 1.165) is 0 Å². The number of hydrogen-bond acceptors (Lipinski definition) is 3. The summed E-state index contributed by atoms with van der Waals surface area (Å²) in [4.78, 5) is 0. The van der Waals surface area contributed by atoms with Gasteiger partial charge in [0.25, 0.3) is 0 Å². The average molecular weight is 266 g/mol. The molecule has 1 aromatic carbocycles. The molecule has 0 saturated heterocycles. The maximum atomic E-state index is 12.3. The molecule has 0 fully saturated rings. The van der Waals surface area contributed by atoms with Gasteiger partial charge in [-0.2, -0.15) is 8.78 Å². The van der Waals surface area contributed by atoms with Gasteiger partial charge in [-0.3, -0.25) is 0 Å². The third kappa shape index (κ3) is 4.02. The maximum Gasteiger partial charge on any atom is 0.387 e. The summed E-state index contributed by atoms with van der Waals surface area (Å²) in [6, 6.07) is 3.01. The van der Waals surface area contributed by atoms with Crippen molar-refractivity contribution in [2.45, 2.75) is 20.1 Å². The second kappa shape index (κ2) is 6.61. The van der Waals surface area contributed by atoms with E-state index in [-0.39, 0.29) is 11.5 Å². The molecule has 96 valence electrons. The van der Waals surface area contributed by atoms with Gasteiger partial charge in [-0.05, 0) is 12.6 Å². The first-order chi connectivity index (χ1) is 8.08. The van der Waals surface area contributed by atoms with Crippen molar-refractivity contribution in [3.63, 3.8) is 0 Å². The van der Waals surface area contributed by atoms with Gasteiger partial charge in [0.05, 0.1) is 7.11 Å². The molecule has 0 aliphatic heterocycles. The van der Waals surface area contributed by atoms with E-state index in [4.69, 9.17) is 16.3 Å². The Morgan fingerprint density at radius 1 is 1.41 bits per heavy atom. The number of rotatable bonds is 6. The Labute approximate surface area is 104 Å². The van der Waals surface area contributed by atoms with Gasteiger partial charge in [0, 0.05) is 23.2 Å². The largest absolute Gasteiger partial charge is 0.493 e. The SMILES string of the molecule is CCNCc1cc(Cl)cc(OC)c1OC(F)F. The highest BCUT2D eigenvalue weighted by atomic mass is 35.5. The zero-order chi connectivity index (χ0) is 12.8. The predicted molar refractivity (Wildman–Crippen MR) is 62.0 cm³/mol. The Balaban J connectivity index is 3.08. The molecule has 0 heterocycles. The van der Waals surface area contributed by atoms with Gasteiger partial charge < -0.3 is 14.8 Å². The van der Waals surface area contributed by atoms with E-state index in [2.05, 4.69) is 10.1 Å². The molecule has 0 bridgehead atoms. The Bertz CT molecular complexity index is 375. The lowest BCUT2D eigenvalue weighted by Crippen LogP contribution is -2.14. The second-order valence-corrected chi connectivity index (χ2v) is 3.69. The van der Waals surface area contributed by atoms with Gasteiger partial charge in [-0.25, -0.2) is 0 Å². The molecule has 1 rings (SSSR count). The lowest BCUT2D eigenvalue weighted by molar-refractivity contribution is -0.0518. The van der Waals surface area contributed by atoms with Crippen LogP contribution in [0.1, 0.15) is 12.5 Å². The van der Waals surface area contributed by atoms with Crippen LogP contribution in [0.5, 0.6) is 11.5 Å². The second-order valence-electron chi connectivity index (χ2n) is 3.26. The summed E-state index contributed by atoms with van der Waals surface area (Å²) < 4.78 is 34.1. The third-order valence-electron chi connectivity index (χ3n) is 2.09. The lowest BCUT2D eigenvalue weighted by atomic mass is 10.2. The summed E-state index contributed by atoms with van der Waals surface area (Å²) >= 11 is 5.87. The van der Waals surface area contributed by atoms with Gasteiger partial charge in [0.1, 0.15) is 0 Å². The van der Waals surface area contributed by atoms with Crippen LogP contribution in [0.3, 0.4) is 0 Å². The summed E-state index contributed by atoms with van der Waals surface area (Å²) in [6.45, 7) is 0.110. The molecule has 3 nitrogen and oxygen atoms in total. The normalized spacial score (nSPS) is 10.7. The van der Waals surface area contributed by atoms with Gasteiger partial charge >= 0.3 is 6.61 Å². The van der Waals surface area contributed by atoms with E-state index in [1.54, 1.807) is 6.07 Å². The number of benzene rings is 1. The number of halogens is 3. The van der Waals surface area contributed by atoms with Crippen LogP contribution in [0.2, 0.25) is 5.02 Å². The smallest absolute Gasteiger partial charge is 0.387 e. The number of ether oxygens (including phenoxy) is 2. The molecule has 1 N–H and O–H groups in total. The first kappa shape index (κ1) is 14.0. The molecule has 6 heteroatoms. The van der Waals surface area contributed by atoms with Crippen molar-refractivity contribution in [2.24, 2.45) is 0 Å². The van der Waals surface area contributed by atoms with Crippen LogP contribution in [-0.4, -0.2) is 20.3 Å². The topological polar surface area (TPSA) is 30.5 Å². The lowest BCUT2D eigenvalue weighted by Gasteiger charge is -2.15. The predicted octanol–water partition coefficient (Wildman–Crippen LogP) is 3.06. The third-order valence-corrected chi connectivity index (χ3v) is 2.31. The quantitative estimate of drug-likeness (QED) is 0.858. The van der Waals surface area contributed by atoms with Crippen molar-refractivity contribution < 1.29 is 18.3 Å². The molecule has 0 amide bonds. The first-order valence-corrected chi connectivity index (χ1v) is 5.48. The van der Waals surface area contributed by atoms with Crippen LogP contribution in [0.4, 0.5) is 8.78 Å². The van der Waals surface area contributed by atoms with Crippen LogP contribution in [-0.2, 0) is 6.54 Å². The fraction of sp³-hybridized carbons (Fsp3) is 0.455. The number of nitrogens with one attached hydrogen (secondary N) is 1. The minimum atomic E-state index is -2.90. The van der Waals surface area contributed by atoms with Crippen molar-refractivity contribution in [2.75, 3.05) is 13.7 Å². The van der Waals surface area contributed by atoms with E-state index in [9.17, 15) is 8.78 Å². The fourth-order valence-corrected chi connectivity index (χ4v) is 1.62. The van der Waals surface area contributed by atoms with Crippen molar-refractivity contribution >= 4 is 11.6 Å². The molecular formula is C11H14ClF2NO2. The monoisotopic (exact) mass is 265 g/mol. The van der Waals surface area contributed by atoms with Gasteiger partial charge in [-0.1, -0.05) is 18.5 Å². The van der Waals surface area contributed by atoms with Crippen LogP contribution in [0, 0.1) is 0 Å². The molecule has 17 heavy (non-hydrogen) atoms. The Morgan fingerprint density at radius 3 is 2.65 bits per heavy atom. The zero-order valence-electron chi connectivity index (χ0n) is 9.60. The summed E-state index contributed by atoms with van der Waals surface area (Å²) in [5.74, 6) is 0.221. The molecule has 1 aromatic rings. The highest BCUT2D eigenvalue weighted by molar-refractivity contribution is 6.30. The average Bonchev–Trinajstić information content (AvgIpc) is 2.28. The van der Waals surface area contributed by atoms with Crippen molar-refractivity contribution in [3.05, 3.63) is 22.7 Å².